The summed E-state index contributed by atoms with van der Waals surface area (Å²) in [6.07, 6.45) is 19.2. The fraction of sp³-hybridized carbons (Fsp3) is 0.640. The van der Waals surface area contributed by atoms with E-state index in [0.717, 1.165) is 18.4 Å². The van der Waals surface area contributed by atoms with E-state index in [4.69, 9.17) is 0 Å². The Morgan fingerprint density at radius 3 is 1.96 bits per heavy atom. The minimum Gasteiger partial charge on any atom is -0.299 e. The lowest BCUT2D eigenvalue weighted by molar-refractivity contribution is -0.122. The summed E-state index contributed by atoms with van der Waals surface area (Å²) in [5, 5.41) is 0. The number of benzene rings is 1. The normalized spacial score (nSPS) is 12.0. The Morgan fingerprint density at radius 1 is 0.885 bits per heavy atom. The summed E-state index contributed by atoms with van der Waals surface area (Å²) in [6.45, 7) is 6.12. The van der Waals surface area contributed by atoms with Crippen molar-refractivity contribution >= 4 is 5.78 Å². The Kier molecular flexibility index (Phi) is 13.8. The van der Waals surface area contributed by atoms with Crippen molar-refractivity contribution in [2.75, 3.05) is 0 Å². The Balaban J connectivity index is 2.10. The van der Waals surface area contributed by atoms with Crippen LogP contribution in [0.25, 0.3) is 0 Å². The van der Waals surface area contributed by atoms with E-state index < -0.39 is 0 Å². The molecule has 1 aromatic rings. The molecule has 1 aromatic carbocycles. The highest BCUT2D eigenvalue weighted by Crippen LogP contribution is 2.19. The molecule has 0 heterocycles. The molecule has 0 fully saturated rings. The summed E-state index contributed by atoms with van der Waals surface area (Å²) < 4.78 is 0. The van der Waals surface area contributed by atoms with Gasteiger partial charge >= 0.3 is 0 Å². The first kappa shape index (κ1) is 22.7. The molecule has 1 heteroatoms. The summed E-state index contributed by atoms with van der Waals surface area (Å²) in [5.41, 5.74) is 1.13. The lowest BCUT2D eigenvalue weighted by Gasteiger charge is -2.14. The summed E-state index contributed by atoms with van der Waals surface area (Å²) >= 11 is 0. The average Bonchev–Trinajstić information content (AvgIpc) is 2.66. The fourth-order valence-electron chi connectivity index (χ4n) is 3.61. The Bertz CT molecular complexity index is 462. The summed E-state index contributed by atoms with van der Waals surface area (Å²) in [6, 6.07) is 10.1. The molecule has 0 amide bonds. The van der Waals surface area contributed by atoms with Gasteiger partial charge in [0.25, 0.3) is 0 Å². The van der Waals surface area contributed by atoms with Crippen LogP contribution in [0.1, 0.15) is 96.0 Å². The van der Waals surface area contributed by atoms with Crippen molar-refractivity contribution in [3.8, 4) is 0 Å². The number of carbonyl (C=O) groups excluding carboxylic acids is 1. The number of unbranched alkanes of at least 4 members (excludes halogenated alkanes) is 10. The number of hydrogen-bond donors (Lipinski definition) is 0. The van der Waals surface area contributed by atoms with Crippen LogP contribution < -0.4 is 0 Å². The SMILES string of the molecule is C=CCC(CCCCCCCCCCCCC)C(=O)Cc1ccccc1. The van der Waals surface area contributed by atoms with Crippen molar-refractivity contribution < 1.29 is 4.79 Å². The number of rotatable bonds is 17. The Labute approximate surface area is 162 Å². The number of allylic oxidation sites excluding steroid dienone is 1. The number of carbonyl (C=O) groups is 1. The van der Waals surface area contributed by atoms with Gasteiger partial charge in [0.15, 0.2) is 0 Å². The van der Waals surface area contributed by atoms with Crippen LogP contribution in [0, 0.1) is 5.92 Å². The molecule has 1 nitrogen and oxygen atoms in total. The standard InChI is InChI=1S/C25H40O/c1-3-5-6-7-8-9-10-11-12-13-17-21-24(18-4-2)25(26)22-23-19-15-14-16-20-23/h4,14-16,19-20,24H,2-3,5-13,17-18,21-22H2,1H3. The monoisotopic (exact) mass is 356 g/mol. The van der Waals surface area contributed by atoms with Crippen molar-refractivity contribution in [3.63, 3.8) is 0 Å². The van der Waals surface area contributed by atoms with Crippen molar-refractivity contribution in [2.24, 2.45) is 5.92 Å². The topological polar surface area (TPSA) is 17.1 Å². The van der Waals surface area contributed by atoms with E-state index in [9.17, 15) is 4.79 Å². The van der Waals surface area contributed by atoms with Crippen molar-refractivity contribution in [2.45, 2.75) is 96.8 Å². The van der Waals surface area contributed by atoms with Crippen molar-refractivity contribution in [3.05, 3.63) is 48.6 Å². The molecule has 0 aromatic heterocycles. The molecule has 1 atom stereocenters. The minimum absolute atomic E-state index is 0.159. The van der Waals surface area contributed by atoms with E-state index >= 15 is 0 Å². The second kappa shape index (κ2) is 15.9. The molecule has 0 aliphatic heterocycles. The zero-order valence-electron chi connectivity index (χ0n) is 17.1. The van der Waals surface area contributed by atoms with E-state index in [1.54, 1.807) is 0 Å². The fourth-order valence-corrected chi connectivity index (χ4v) is 3.61. The number of Topliss-reactive ketones (excluding diaryl/α,β-unsaturated/α-hetero) is 1. The smallest absolute Gasteiger partial charge is 0.140 e. The Hall–Kier alpha value is -1.37. The van der Waals surface area contributed by atoms with Gasteiger partial charge in [0.2, 0.25) is 0 Å². The van der Waals surface area contributed by atoms with Gasteiger partial charge < -0.3 is 0 Å². The number of ketones is 1. The molecule has 0 N–H and O–H groups in total. The van der Waals surface area contributed by atoms with E-state index in [2.05, 4.69) is 13.5 Å². The molecule has 0 saturated heterocycles. The van der Waals surface area contributed by atoms with Crippen LogP contribution in [0.15, 0.2) is 43.0 Å². The molecule has 0 radical (unpaired) electrons. The largest absolute Gasteiger partial charge is 0.299 e. The molecule has 0 aliphatic rings. The van der Waals surface area contributed by atoms with Crippen LogP contribution in [0.4, 0.5) is 0 Å². The van der Waals surface area contributed by atoms with E-state index in [-0.39, 0.29) is 5.92 Å². The van der Waals surface area contributed by atoms with Gasteiger partial charge in [-0.3, -0.25) is 4.79 Å². The van der Waals surface area contributed by atoms with Crippen molar-refractivity contribution in [1.82, 2.24) is 0 Å². The van der Waals surface area contributed by atoms with Gasteiger partial charge in [0, 0.05) is 12.3 Å². The van der Waals surface area contributed by atoms with E-state index in [1.807, 2.05) is 36.4 Å². The van der Waals surface area contributed by atoms with Gasteiger partial charge in [-0.1, -0.05) is 114 Å². The predicted octanol–water partition coefficient (Wildman–Crippen LogP) is 7.69. The van der Waals surface area contributed by atoms with Crippen LogP contribution in [-0.2, 0) is 11.2 Å². The van der Waals surface area contributed by atoms with Gasteiger partial charge in [-0.15, -0.1) is 6.58 Å². The predicted molar refractivity (Wildman–Crippen MR) is 115 cm³/mol. The zero-order valence-corrected chi connectivity index (χ0v) is 17.1. The molecule has 1 rings (SSSR count). The highest BCUT2D eigenvalue weighted by atomic mass is 16.1. The third-order valence-corrected chi connectivity index (χ3v) is 5.28. The molecule has 0 spiro atoms. The maximum Gasteiger partial charge on any atom is 0.140 e. The molecular weight excluding hydrogens is 316 g/mol. The molecule has 1 unspecified atom stereocenters. The first-order valence-corrected chi connectivity index (χ1v) is 11.0. The highest BCUT2D eigenvalue weighted by Gasteiger charge is 2.16. The highest BCUT2D eigenvalue weighted by molar-refractivity contribution is 5.83. The van der Waals surface area contributed by atoms with E-state index in [1.165, 1.54) is 70.6 Å². The lowest BCUT2D eigenvalue weighted by atomic mass is 9.90. The second-order valence-corrected chi connectivity index (χ2v) is 7.67. The molecule has 0 bridgehead atoms. The quantitative estimate of drug-likeness (QED) is 0.206. The van der Waals surface area contributed by atoms with Crippen LogP contribution in [0.5, 0.6) is 0 Å². The summed E-state index contributed by atoms with van der Waals surface area (Å²) in [4.78, 5) is 12.6. The number of hydrogen-bond acceptors (Lipinski definition) is 1. The minimum atomic E-state index is 0.159. The van der Waals surface area contributed by atoms with Crippen LogP contribution in [-0.4, -0.2) is 5.78 Å². The summed E-state index contributed by atoms with van der Waals surface area (Å²) in [7, 11) is 0. The third kappa shape index (κ3) is 11.3. The van der Waals surface area contributed by atoms with Crippen LogP contribution >= 0.6 is 0 Å². The second-order valence-electron chi connectivity index (χ2n) is 7.67. The van der Waals surface area contributed by atoms with Gasteiger partial charge in [-0.2, -0.15) is 0 Å². The molecular formula is C25H40O. The van der Waals surface area contributed by atoms with Crippen LogP contribution in [0.3, 0.4) is 0 Å². The summed E-state index contributed by atoms with van der Waals surface area (Å²) in [5.74, 6) is 0.537. The lowest BCUT2D eigenvalue weighted by Crippen LogP contribution is -2.16. The Morgan fingerprint density at radius 2 is 1.42 bits per heavy atom. The third-order valence-electron chi connectivity index (χ3n) is 5.28. The van der Waals surface area contributed by atoms with Gasteiger partial charge in [-0.05, 0) is 18.4 Å². The maximum absolute atomic E-state index is 12.6. The van der Waals surface area contributed by atoms with Crippen LogP contribution in [0.2, 0.25) is 0 Å². The van der Waals surface area contributed by atoms with Gasteiger partial charge in [0.1, 0.15) is 5.78 Å². The maximum atomic E-state index is 12.6. The molecule has 26 heavy (non-hydrogen) atoms. The van der Waals surface area contributed by atoms with Gasteiger partial charge in [0.05, 0.1) is 0 Å². The van der Waals surface area contributed by atoms with Gasteiger partial charge in [-0.25, -0.2) is 0 Å². The van der Waals surface area contributed by atoms with E-state index in [0.29, 0.717) is 12.2 Å². The van der Waals surface area contributed by atoms with Crippen molar-refractivity contribution in [1.29, 1.82) is 0 Å². The average molecular weight is 357 g/mol. The zero-order chi connectivity index (χ0) is 18.9. The molecule has 0 aliphatic carbocycles. The molecule has 146 valence electrons. The first-order valence-electron chi connectivity index (χ1n) is 11.0. The molecule has 0 saturated carbocycles. The first-order chi connectivity index (χ1) is 12.8.